The Morgan fingerprint density at radius 2 is 1.97 bits per heavy atom. The normalized spacial score (nSPS) is 15.5. The summed E-state index contributed by atoms with van der Waals surface area (Å²) in [5.41, 5.74) is 2.37. The fraction of sp³-hybridized carbons (Fsp3) is 0.409. The van der Waals surface area contributed by atoms with Gasteiger partial charge < -0.3 is 14.5 Å². The van der Waals surface area contributed by atoms with E-state index < -0.39 is 0 Å². The molecule has 1 aliphatic rings. The molecule has 4 aromatic rings. The predicted molar refractivity (Wildman–Crippen MR) is 120 cm³/mol. The number of methoxy groups -OCH3 is 1. The lowest BCUT2D eigenvalue weighted by atomic mass is 10.0. The summed E-state index contributed by atoms with van der Waals surface area (Å²) in [6, 6.07) is 8.04. The van der Waals surface area contributed by atoms with E-state index >= 15 is 0 Å². The number of piperidine rings is 1. The molecular formula is C22H27N8O2+. The molecule has 0 atom stereocenters. The first-order valence-electron chi connectivity index (χ1n) is 10.7. The van der Waals surface area contributed by atoms with Crippen molar-refractivity contribution >= 4 is 22.6 Å². The first kappa shape index (κ1) is 20.4. The van der Waals surface area contributed by atoms with E-state index in [2.05, 4.69) is 34.0 Å². The van der Waals surface area contributed by atoms with Gasteiger partial charge in [-0.3, -0.25) is 4.57 Å². The molecule has 10 nitrogen and oxygen atoms in total. The lowest BCUT2D eigenvalue weighted by molar-refractivity contribution is -0.345. The number of rotatable bonds is 5. The molecule has 3 aromatic heterocycles. The zero-order valence-corrected chi connectivity index (χ0v) is 18.5. The Morgan fingerprint density at radius 3 is 2.69 bits per heavy atom. The molecule has 1 aromatic carbocycles. The largest absolute Gasteiger partial charge is 0.497 e. The Morgan fingerprint density at radius 1 is 1.22 bits per heavy atom. The molecule has 1 aliphatic heterocycles. The van der Waals surface area contributed by atoms with Crippen LogP contribution in [0.3, 0.4) is 0 Å². The van der Waals surface area contributed by atoms with Gasteiger partial charge >= 0.3 is 5.69 Å². The summed E-state index contributed by atoms with van der Waals surface area (Å²) < 4.78 is 8.19. The van der Waals surface area contributed by atoms with Crippen LogP contribution in [0.25, 0.3) is 16.8 Å². The van der Waals surface area contributed by atoms with Crippen LogP contribution in [-0.4, -0.2) is 69.4 Å². The first-order valence-corrected chi connectivity index (χ1v) is 10.7. The number of anilines is 1. The quantitative estimate of drug-likeness (QED) is 0.458. The Kier molecular flexibility index (Phi) is 5.22. The number of aromatic amines is 1. The van der Waals surface area contributed by atoms with Crippen molar-refractivity contribution in [1.29, 1.82) is 0 Å². The fourth-order valence-electron chi connectivity index (χ4n) is 4.31. The van der Waals surface area contributed by atoms with E-state index in [9.17, 15) is 4.79 Å². The van der Waals surface area contributed by atoms with Crippen LogP contribution in [0.4, 0.5) is 5.82 Å². The number of aromatic nitrogens is 6. The smallest absolute Gasteiger partial charge is 0.425 e. The van der Waals surface area contributed by atoms with Crippen molar-refractivity contribution in [2.45, 2.75) is 25.4 Å². The predicted octanol–water partition coefficient (Wildman–Crippen LogP) is 0.841. The Hall–Kier alpha value is -3.53. The van der Waals surface area contributed by atoms with Gasteiger partial charge in [-0.05, 0) is 55.2 Å². The van der Waals surface area contributed by atoms with Gasteiger partial charge in [0.25, 0.3) is 12.0 Å². The van der Waals surface area contributed by atoms with Crippen molar-refractivity contribution in [2.24, 2.45) is 0 Å². The highest BCUT2D eigenvalue weighted by Gasteiger charge is 2.25. The number of hydrogen-bond donors (Lipinski definition) is 0. The van der Waals surface area contributed by atoms with E-state index in [1.165, 1.54) is 10.8 Å². The molecule has 4 heterocycles. The van der Waals surface area contributed by atoms with E-state index in [0.29, 0.717) is 29.4 Å². The van der Waals surface area contributed by atoms with Crippen LogP contribution in [0, 0.1) is 0 Å². The van der Waals surface area contributed by atoms with Crippen molar-refractivity contribution in [3.05, 3.63) is 52.8 Å². The van der Waals surface area contributed by atoms with E-state index in [1.807, 2.05) is 24.3 Å². The van der Waals surface area contributed by atoms with Crippen LogP contribution in [0.15, 0.2) is 41.6 Å². The number of benzene rings is 1. The minimum atomic E-state index is -0.268. The average molecular weight is 436 g/mol. The van der Waals surface area contributed by atoms with Gasteiger partial charge in [0.05, 0.1) is 19.9 Å². The Bertz CT molecular complexity index is 1310. The number of hydrogen-bond acceptors (Lipinski definition) is 7. The molecule has 32 heavy (non-hydrogen) atoms. The molecule has 1 N–H and O–H groups in total. The van der Waals surface area contributed by atoms with Gasteiger partial charge in [0, 0.05) is 18.2 Å². The third kappa shape index (κ3) is 3.56. The molecule has 1 saturated heterocycles. The van der Waals surface area contributed by atoms with Crippen LogP contribution < -0.4 is 20.3 Å². The van der Waals surface area contributed by atoms with Crippen LogP contribution in [0.1, 0.15) is 18.4 Å². The Balaban J connectivity index is 1.58. The zero-order chi connectivity index (χ0) is 22.2. The zero-order valence-electron chi connectivity index (χ0n) is 18.5. The van der Waals surface area contributed by atoms with Crippen LogP contribution in [0.5, 0.6) is 5.75 Å². The molecule has 166 valence electrons. The summed E-state index contributed by atoms with van der Waals surface area (Å²) in [6.07, 6.45) is 5.43. The summed E-state index contributed by atoms with van der Waals surface area (Å²) in [5, 5.41) is 4.19. The van der Waals surface area contributed by atoms with E-state index in [4.69, 9.17) is 14.7 Å². The van der Waals surface area contributed by atoms with Crippen molar-refractivity contribution in [3.8, 4) is 5.75 Å². The number of fused-ring (bicyclic) bond motifs is 3. The van der Waals surface area contributed by atoms with Gasteiger partial charge in [-0.1, -0.05) is 12.1 Å². The molecule has 0 spiro atoms. The van der Waals surface area contributed by atoms with E-state index in [0.717, 1.165) is 43.1 Å². The topological polar surface area (TPSA) is 94.9 Å². The van der Waals surface area contributed by atoms with Crippen molar-refractivity contribution in [1.82, 2.24) is 29.0 Å². The lowest BCUT2D eigenvalue weighted by Gasteiger charge is -2.35. The van der Waals surface area contributed by atoms with Crippen molar-refractivity contribution < 1.29 is 9.72 Å². The van der Waals surface area contributed by atoms with Gasteiger partial charge in [-0.15, -0.1) is 0 Å². The fourth-order valence-corrected chi connectivity index (χ4v) is 4.31. The maximum Gasteiger partial charge on any atom is 0.425 e. The van der Waals surface area contributed by atoms with Gasteiger partial charge in [0.1, 0.15) is 11.6 Å². The molecule has 0 radical (unpaired) electrons. The SMILES string of the molecule is COc1ccc(Cn2c(=O)n3nc[nH+]c3c3nc(N(C)C4CCN(C)CC4)cnc32)cc1. The number of likely N-dealkylation sites (tertiary alicyclic amines) is 1. The third-order valence-corrected chi connectivity index (χ3v) is 6.32. The number of ether oxygens (including phenoxy) is 1. The van der Waals surface area contributed by atoms with Gasteiger partial charge in [-0.2, -0.15) is 0 Å². The van der Waals surface area contributed by atoms with Crippen molar-refractivity contribution in [2.75, 3.05) is 39.2 Å². The molecule has 5 rings (SSSR count). The standard InChI is InChI=1S/C22H26N8O2/c1-27-10-8-16(9-11-27)28(2)18-12-23-20-19(26-18)21-24-14-25-30(21)22(31)29(20)13-15-4-6-17(32-3)7-5-15/h4-7,12,14,16H,8-11,13H2,1-3H3/p+1. The molecule has 0 unspecified atom stereocenters. The molecule has 0 aliphatic carbocycles. The maximum absolute atomic E-state index is 13.2. The maximum atomic E-state index is 13.2. The van der Waals surface area contributed by atoms with Crippen LogP contribution in [0.2, 0.25) is 0 Å². The molecule has 1 fully saturated rings. The Labute approximate surface area is 185 Å². The molecule has 0 amide bonds. The van der Waals surface area contributed by atoms with Gasteiger partial charge in [0.2, 0.25) is 0 Å². The van der Waals surface area contributed by atoms with Crippen LogP contribution in [-0.2, 0) is 6.54 Å². The van der Waals surface area contributed by atoms with Crippen molar-refractivity contribution in [3.63, 3.8) is 0 Å². The minimum Gasteiger partial charge on any atom is -0.497 e. The highest BCUT2D eigenvalue weighted by Crippen LogP contribution is 2.22. The van der Waals surface area contributed by atoms with Crippen LogP contribution >= 0.6 is 0 Å². The summed E-state index contributed by atoms with van der Waals surface area (Å²) in [4.78, 5) is 30.4. The summed E-state index contributed by atoms with van der Waals surface area (Å²) >= 11 is 0. The highest BCUT2D eigenvalue weighted by atomic mass is 16.5. The first-order chi connectivity index (χ1) is 15.5. The molecule has 0 bridgehead atoms. The van der Waals surface area contributed by atoms with Gasteiger partial charge in [-0.25, -0.2) is 19.7 Å². The summed E-state index contributed by atoms with van der Waals surface area (Å²) in [6.45, 7) is 2.49. The minimum absolute atomic E-state index is 0.268. The van der Waals surface area contributed by atoms with E-state index in [1.54, 1.807) is 17.9 Å². The number of nitrogens with zero attached hydrogens (tertiary/aromatic N) is 7. The second-order valence-electron chi connectivity index (χ2n) is 8.31. The molecular weight excluding hydrogens is 408 g/mol. The van der Waals surface area contributed by atoms with E-state index in [-0.39, 0.29) is 5.69 Å². The number of H-pyrrole nitrogens is 1. The average Bonchev–Trinajstić information content (AvgIpc) is 3.32. The second-order valence-corrected chi connectivity index (χ2v) is 8.31. The molecule has 10 heteroatoms. The third-order valence-electron chi connectivity index (χ3n) is 6.32. The summed E-state index contributed by atoms with van der Waals surface area (Å²) in [7, 11) is 5.85. The monoisotopic (exact) mass is 435 g/mol. The highest BCUT2D eigenvalue weighted by molar-refractivity contribution is 5.83. The molecule has 0 saturated carbocycles. The number of nitrogens with one attached hydrogen (secondary N) is 1. The summed E-state index contributed by atoms with van der Waals surface area (Å²) in [5.74, 6) is 1.56. The second kappa shape index (κ2) is 8.19. The van der Waals surface area contributed by atoms with Gasteiger partial charge in [0.15, 0.2) is 11.2 Å². The lowest BCUT2D eigenvalue weighted by Crippen LogP contribution is -2.42.